The van der Waals surface area contributed by atoms with E-state index in [1.807, 2.05) is 0 Å². The summed E-state index contributed by atoms with van der Waals surface area (Å²) in [5.41, 5.74) is 5.83. The van der Waals surface area contributed by atoms with Crippen molar-refractivity contribution >= 4 is 11.9 Å². The van der Waals surface area contributed by atoms with Crippen LogP contribution in [0.15, 0.2) is 18.7 Å². The van der Waals surface area contributed by atoms with Gasteiger partial charge in [0.25, 0.3) is 0 Å². The monoisotopic (exact) mass is 273 g/mol. The highest BCUT2D eigenvalue weighted by Gasteiger charge is 2.27. The molecule has 0 atom stereocenters. The van der Waals surface area contributed by atoms with Crippen molar-refractivity contribution in [2.75, 3.05) is 17.2 Å². The number of hydrogen-bond donors (Lipinski definition) is 1. The standard InChI is InChI=1S/C13H19N7/c1-9(2)20(7-10-3-4-10)13-17-11(14)16-12(18-13)19-6-5-15-8-19/h5-6,8-10H,3-4,7H2,1-2H3,(H2,14,16,17,18). The lowest BCUT2D eigenvalue weighted by molar-refractivity contribution is 0.624. The van der Waals surface area contributed by atoms with Crippen molar-refractivity contribution < 1.29 is 0 Å². The van der Waals surface area contributed by atoms with Gasteiger partial charge >= 0.3 is 0 Å². The summed E-state index contributed by atoms with van der Waals surface area (Å²) in [6.45, 7) is 5.25. The maximum atomic E-state index is 5.83. The Labute approximate surface area is 117 Å². The molecule has 2 aromatic heterocycles. The summed E-state index contributed by atoms with van der Waals surface area (Å²) >= 11 is 0. The van der Waals surface area contributed by atoms with Gasteiger partial charge in [-0.25, -0.2) is 4.98 Å². The average molecular weight is 273 g/mol. The van der Waals surface area contributed by atoms with E-state index in [9.17, 15) is 0 Å². The Morgan fingerprint density at radius 1 is 1.35 bits per heavy atom. The Kier molecular flexibility index (Phi) is 3.25. The quantitative estimate of drug-likeness (QED) is 0.882. The fourth-order valence-corrected chi connectivity index (χ4v) is 2.09. The van der Waals surface area contributed by atoms with Crippen LogP contribution in [-0.2, 0) is 0 Å². The van der Waals surface area contributed by atoms with E-state index in [1.54, 1.807) is 23.3 Å². The first-order valence-electron chi connectivity index (χ1n) is 6.90. The zero-order chi connectivity index (χ0) is 14.1. The highest BCUT2D eigenvalue weighted by molar-refractivity contribution is 5.39. The minimum atomic E-state index is 0.236. The molecule has 3 rings (SSSR count). The first-order chi connectivity index (χ1) is 9.63. The van der Waals surface area contributed by atoms with E-state index in [-0.39, 0.29) is 5.95 Å². The molecule has 20 heavy (non-hydrogen) atoms. The number of anilines is 2. The van der Waals surface area contributed by atoms with Crippen molar-refractivity contribution in [3.63, 3.8) is 0 Å². The van der Waals surface area contributed by atoms with Crippen LogP contribution in [0.3, 0.4) is 0 Å². The van der Waals surface area contributed by atoms with Crippen LogP contribution in [0.25, 0.3) is 5.95 Å². The number of aromatic nitrogens is 5. The van der Waals surface area contributed by atoms with Gasteiger partial charge < -0.3 is 10.6 Å². The molecule has 106 valence electrons. The Morgan fingerprint density at radius 2 is 2.15 bits per heavy atom. The van der Waals surface area contributed by atoms with Crippen LogP contribution in [0, 0.1) is 5.92 Å². The maximum absolute atomic E-state index is 5.83. The third-order valence-corrected chi connectivity index (χ3v) is 3.40. The molecule has 7 nitrogen and oxygen atoms in total. The second kappa shape index (κ2) is 5.07. The molecular formula is C13H19N7. The highest BCUT2D eigenvalue weighted by Crippen LogP contribution is 2.31. The highest BCUT2D eigenvalue weighted by atomic mass is 15.3. The van der Waals surface area contributed by atoms with E-state index in [1.165, 1.54) is 12.8 Å². The molecule has 2 N–H and O–H groups in total. The molecular weight excluding hydrogens is 254 g/mol. The first-order valence-corrected chi connectivity index (χ1v) is 6.90. The van der Waals surface area contributed by atoms with E-state index < -0.39 is 0 Å². The minimum Gasteiger partial charge on any atom is -0.368 e. The molecule has 0 saturated heterocycles. The van der Waals surface area contributed by atoms with E-state index in [0.717, 1.165) is 12.5 Å². The second-order valence-corrected chi connectivity index (χ2v) is 5.45. The third kappa shape index (κ3) is 2.71. The molecule has 0 radical (unpaired) electrons. The first kappa shape index (κ1) is 12.8. The fraction of sp³-hybridized carbons (Fsp3) is 0.538. The lowest BCUT2D eigenvalue weighted by atomic mass is 10.3. The maximum Gasteiger partial charge on any atom is 0.241 e. The number of hydrogen-bond acceptors (Lipinski definition) is 6. The molecule has 0 spiro atoms. The third-order valence-electron chi connectivity index (χ3n) is 3.40. The summed E-state index contributed by atoms with van der Waals surface area (Å²) in [5.74, 6) is 2.14. The van der Waals surface area contributed by atoms with Gasteiger partial charge in [0, 0.05) is 25.0 Å². The van der Waals surface area contributed by atoms with Crippen LogP contribution in [0.1, 0.15) is 26.7 Å². The van der Waals surface area contributed by atoms with E-state index in [0.29, 0.717) is 17.9 Å². The van der Waals surface area contributed by atoms with Crippen molar-refractivity contribution in [1.29, 1.82) is 0 Å². The minimum absolute atomic E-state index is 0.236. The molecule has 0 bridgehead atoms. The van der Waals surface area contributed by atoms with Crippen molar-refractivity contribution in [1.82, 2.24) is 24.5 Å². The molecule has 1 fully saturated rings. The van der Waals surface area contributed by atoms with Gasteiger partial charge in [0.2, 0.25) is 17.8 Å². The molecule has 0 amide bonds. The number of imidazole rings is 1. The van der Waals surface area contributed by atoms with Crippen LogP contribution in [0.4, 0.5) is 11.9 Å². The number of nitrogen functional groups attached to an aromatic ring is 1. The molecule has 2 heterocycles. The van der Waals surface area contributed by atoms with E-state index in [2.05, 4.69) is 38.7 Å². The fourth-order valence-electron chi connectivity index (χ4n) is 2.09. The summed E-state index contributed by atoms with van der Waals surface area (Å²) < 4.78 is 1.73. The van der Waals surface area contributed by atoms with Crippen LogP contribution < -0.4 is 10.6 Å². The zero-order valence-corrected chi connectivity index (χ0v) is 11.8. The molecule has 0 aromatic carbocycles. The summed E-state index contributed by atoms with van der Waals surface area (Å²) in [6.07, 6.45) is 7.71. The van der Waals surface area contributed by atoms with Crippen molar-refractivity contribution in [2.24, 2.45) is 5.92 Å². The topological polar surface area (TPSA) is 85.8 Å². The van der Waals surface area contributed by atoms with Gasteiger partial charge in [-0.05, 0) is 32.6 Å². The van der Waals surface area contributed by atoms with E-state index >= 15 is 0 Å². The predicted molar refractivity (Wildman–Crippen MR) is 76.6 cm³/mol. The number of rotatable bonds is 5. The summed E-state index contributed by atoms with van der Waals surface area (Å²) in [5, 5.41) is 0. The summed E-state index contributed by atoms with van der Waals surface area (Å²) in [7, 11) is 0. The average Bonchev–Trinajstić information content (AvgIpc) is 3.05. The largest absolute Gasteiger partial charge is 0.368 e. The lowest BCUT2D eigenvalue weighted by Crippen LogP contribution is -2.34. The van der Waals surface area contributed by atoms with Gasteiger partial charge in [0.1, 0.15) is 6.33 Å². The SMILES string of the molecule is CC(C)N(CC1CC1)c1nc(N)nc(-n2ccnc2)n1. The van der Waals surface area contributed by atoms with E-state index in [4.69, 9.17) is 5.73 Å². The Bertz CT molecular complexity index is 574. The van der Waals surface area contributed by atoms with Crippen LogP contribution in [0.5, 0.6) is 0 Å². The predicted octanol–water partition coefficient (Wildman–Crippen LogP) is 1.26. The van der Waals surface area contributed by atoms with Gasteiger partial charge in [-0.1, -0.05) is 0 Å². The molecule has 2 aromatic rings. The summed E-state index contributed by atoms with van der Waals surface area (Å²) in [4.78, 5) is 19.2. The van der Waals surface area contributed by atoms with Gasteiger partial charge in [-0.3, -0.25) is 4.57 Å². The smallest absolute Gasteiger partial charge is 0.241 e. The molecule has 0 aliphatic heterocycles. The lowest BCUT2D eigenvalue weighted by Gasteiger charge is -2.26. The van der Waals surface area contributed by atoms with Crippen molar-refractivity contribution in [2.45, 2.75) is 32.7 Å². The van der Waals surface area contributed by atoms with Gasteiger partial charge in [-0.2, -0.15) is 15.0 Å². The van der Waals surface area contributed by atoms with Crippen molar-refractivity contribution in [3.05, 3.63) is 18.7 Å². The molecule has 7 heteroatoms. The van der Waals surface area contributed by atoms with Crippen LogP contribution in [0.2, 0.25) is 0 Å². The Hall–Kier alpha value is -2.18. The number of nitrogens with zero attached hydrogens (tertiary/aromatic N) is 6. The van der Waals surface area contributed by atoms with Gasteiger partial charge in [0.15, 0.2) is 0 Å². The van der Waals surface area contributed by atoms with Gasteiger partial charge in [-0.15, -0.1) is 0 Å². The Balaban J connectivity index is 1.94. The second-order valence-electron chi connectivity index (χ2n) is 5.45. The summed E-state index contributed by atoms with van der Waals surface area (Å²) in [6, 6.07) is 0.327. The van der Waals surface area contributed by atoms with Crippen LogP contribution in [-0.4, -0.2) is 37.1 Å². The molecule has 1 saturated carbocycles. The molecule has 1 aliphatic rings. The normalized spacial score (nSPS) is 14.8. The zero-order valence-electron chi connectivity index (χ0n) is 11.8. The number of nitrogens with two attached hydrogens (primary N) is 1. The van der Waals surface area contributed by atoms with Crippen LogP contribution >= 0.6 is 0 Å². The van der Waals surface area contributed by atoms with Crippen molar-refractivity contribution in [3.8, 4) is 5.95 Å². The Morgan fingerprint density at radius 3 is 2.75 bits per heavy atom. The van der Waals surface area contributed by atoms with Gasteiger partial charge in [0.05, 0.1) is 0 Å². The molecule has 1 aliphatic carbocycles. The molecule has 0 unspecified atom stereocenters.